The number of hydrogen-bond donors (Lipinski definition) is 0. The molecule has 0 saturated heterocycles. The van der Waals surface area contributed by atoms with E-state index in [9.17, 15) is 0 Å². The molecule has 0 atom stereocenters. The molecule has 74 valence electrons. The third-order valence-corrected chi connectivity index (χ3v) is 2.35. The van der Waals surface area contributed by atoms with Crippen LogP contribution in [-0.4, -0.2) is 23.5 Å². The van der Waals surface area contributed by atoms with Gasteiger partial charge in [0.05, 0.1) is 0 Å². The van der Waals surface area contributed by atoms with Crippen molar-refractivity contribution in [2.45, 2.75) is 66.0 Å². The van der Waals surface area contributed by atoms with Gasteiger partial charge in [0.25, 0.3) is 0 Å². The molecule has 0 saturated carbocycles. The fourth-order valence-electron chi connectivity index (χ4n) is 1.66. The van der Waals surface area contributed by atoms with Crippen molar-refractivity contribution in [1.29, 1.82) is 0 Å². The minimum absolute atomic E-state index is 0. The van der Waals surface area contributed by atoms with Gasteiger partial charge >= 0.3 is 18.9 Å². The Morgan fingerprint density at radius 2 is 1.38 bits per heavy atom. The monoisotopic (exact) mass is 178 g/mol. The van der Waals surface area contributed by atoms with Crippen molar-refractivity contribution in [2.75, 3.05) is 6.54 Å². The van der Waals surface area contributed by atoms with Gasteiger partial charge in [-0.05, 0) is 40.7 Å². The van der Waals surface area contributed by atoms with Gasteiger partial charge in [-0.2, -0.15) is 0 Å². The zero-order valence-corrected chi connectivity index (χ0v) is 10.4. The predicted molar refractivity (Wildman–Crippen MR) is 56.5 cm³/mol. The van der Waals surface area contributed by atoms with Crippen LogP contribution in [0.3, 0.4) is 0 Å². The molecule has 2 heteroatoms. The molecule has 0 fully saturated rings. The molecule has 0 bridgehead atoms. The summed E-state index contributed by atoms with van der Waals surface area (Å²) in [6, 6.07) is 1.39. The minimum atomic E-state index is 0. The molecule has 0 aromatic rings. The Bertz CT molecular complexity index is 94.3. The summed E-state index contributed by atoms with van der Waals surface area (Å²) in [5, 5.41) is 0. The zero-order chi connectivity index (χ0) is 9.56. The van der Waals surface area contributed by atoms with Crippen molar-refractivity contribution in [3.63, 3.8) is 0 Å². The molecule has 0 amide bonds. The summed E-state index contributed by atoms with van der Waals surface area (Å²) in [5.41, 5.74) is 0. The number of hydrogen-bond acceptors (Lipinski definition) is 1. The maximum atomic E-state index is 2.57. The maximum absolute atomic E-state index is 2.57. The van der Waals surface area contributed by atoms with E-state index in [1.54, 1.807) is 0 Å². The predicted octanol–water partition coefficient (Wildman–Crippen LogP) is 0.299. The van der Waals surface area contributed by atoms with Crippen molar-refractivity contribution in [1.82, 2.24) is 4.90 Å². The Morgan fingerprint density at radius 3 is 1.69 bits per heavy atom. The van der Waals surface area contributed by atoms with E-state index >= 15 is 0 Å². The third-order valence-electron chi connectivity index (χ3n) is 2.35. The van der Waals surface area contributed by atoms with Crippen LogP contribution in [0.15, 0.2) is 0 Å². The first-order valence-electron chi connectivity index (χ1n) is 5.35. The van der Waals surface area contributed by atoms with Crippen LogP contribution in [0.1, 0.15) is 53.9 Å². The van der Waals surface area contributed by atoms with Crippen LogP contribution in [0.4, 0.5) is 0 Å². The quantitative estimate of drug-likeness (QED) is 0.418. The average Bonchev–Trinajstić information content (AvgIpc) is 1.96. The number of unbranched alkanes of at least 4 members (excludes halogenated alkanes) is 2. The van der Waals surface area contributed by atoms with Crippen LogP contribution in [0.5, 0.6) is 0 Å². The van der Waals surface area contributed by atoms with E-state index in [0.717, 1.165) is 0 Å². The Morgan fingerprint density at radius 1 is 0.923 bits per heavy atom. The van der Waals surface area contributed by atoms with Gasteiger partial charge < -0.3 is 0 Å². The average molecular weight is 178 g/mol. The van der Waals surface area contributed by atoms with E-state index < -0.39 is 0 Å². The summed E-state index contributed by atoms with van der Waals surface area (Å²) in [4.78, 5) is 2.57. The molecule has 0 aliphatic heterocycles. The summed E-state index contributed by atoms with van der Waals surface area (Å²) >= 11 is 0. The van der Waals surface area contributed by atoms with Crippen molar-refractivity contribution in [3.8, 4) is 0 Å². The van der Waals surface area contributed by atoms with Gasteiger partial charge in [-0.1, -0.05) is 19.8 Å². The van der Waals surface area contributed by atoms with E-state index in [0.29, 0.717) is 12.1 Å². The molecule has 0 radical (unpaired) electrons. The van der Waals surface area contributed by atoms with Gasteiger partial charge in [0, 0.05) is 12.1 Å². The molecule has 0 rings (SSSR count). The Balaban J connectivity index is 0. The first-order valence-corrected chi connectivity index (χ1v) is 5.35. The van der Waals surface area contributed by atoms with Gasteiger partial charge in [-0.3, -0.25) is 4.90 Å². The number of nitrogens with zero attached hydrogens (tertiary/aromatic N) is 1. The van der Waals surface area contributed by atoms with Gasteiger partial charge in [0.1, 0.15) is 0 Å². The zero-order valence-electron chi connectivity index (χ0n) is 10.4. The topological polar surface area (TPSA) is 3.24 Å². The number of rotatable bonds is 6. The van der Waals surface area contributed by atoms with E-state index in [1.807, 2.05) is 0 Å². The van der Waals surface area contributed by atoms with Crippen LogP contribution in [-0.2, 0) is 0 Å². The minimum Gasteiger partial charge on any atom is -0.299 e. The summed E-state index contributed by atoms with van der Waals surface area (Å²) < 4.78 is 0. The first-order chi connectivity index (χ1) is 5.59. The largest absolute Gasteiger partial charge is 1.00 e. The molecule has 13 heavy (non-hydrogen) atoms. The first kappa shape index (κ1) is 16.0. The van der Waals surface area contributed by atoms with Crippen molar-refractivity contribution < 1.29 is 18.9 Å². The molecule has 0 spiro atoms. The second kappa shape index (κ2) is 9.13. The third kappa shape index (κ3) is 7.61. The molecule has 0 unspecified atom stereocenters. The van der Waals surface area contributed by atoms with Gasteiger partial charge in [-0.15, -0.1) is 0 Å². The van der Waals surface area contributed by atoms with Gasteiger partial charge in [0.2, 0.25) is 0 Å². The SMILES string of the molecule is CCCCCN(C(C)C)C(C)C.[Li+]. The Kier molecular flexibility index (Phi) is 11.2. The molecule has 0 heterocycles. The fraction of sp³-hybridized carbons (Fsp3) is 1.00. The maximum Gasteiger partial charge on any atom is 1.00 e. The van der Waals surface area contributed by atoms with Crippen LogP contribution in [0.2, 0.25) is 0 Å². The van der Waals surface area contributed by atoms with Crippen molar-refractivity contribution >= 4 is 0 Å². The molecular weight excluding hydrogens is 153 g/mol. The van der Waals surface area contributed by atoms with E-state index in [2.05, 4.69) is 39.5 Å². The summed E-state index contributed by atoms with van der Waals surface area (Å²) in [6.45, 7) is 12.7. The van der Waals surface area contributed by atoms with Crippen molar-refractivity contribution in [3.05, 3.63) is 0 Å². The second-order valence-electron chi connectivity index (χ2n) is 4.13. The Hall–Kier alpha value is 0.557. The van der Waals surface area contributed by atoms with Crippen LogP contribution < -0.4 is 18.9 Å². The molecule has 0 N–H and O–H groups in total. The normalized spacial score (nSPS) is 11.1. The van der Waals surface area contributed by atoms with Crippen LogP contribution in [0.25, 0.3) is 0 Å². The van der Waals surface area contributed by atoms with Crippen LogP contribution >= 0.6 is 0 Å². The Labute approximate surface area is 96.4 Å². The van der Waals surface area contributed by atoms with Crippen LogP contribution in [0, 0.1) is 0 Å². The van der Waals surface area contributed by atoms with Gasteiger partial charge in [0.15, 0.2) is 0 Å². The molecule has 0 aliphatic carbocycles. The summed E-state index contributed by atoms with van der Waals surface area (Å²) in [5.74, 6) is 0. The van der Waals surface area contributed by atoms with E-state index in [1.165, 1.54) is 25.8 Å². The molecule has 0 aromatic carbocycles. The molecule has 1 nitrogen and oxygen atoms in total. The second-order valence-corrected chi connectivity index (χ2v) is 4.13. The molecule has 0 aromatic heterocycles. The smallest absolute Gasteiger partial charge is 0.299 e. The summed E-state index contributed by atoms with van der Waals surface area (Å²) in [7, 11) is 0. The molecular formula is C11H25LiN+. The fourth-order valence-corrected chi connectivity index (χ4v) is 1.66. The van der Waals surface area contributed by atoms with Crippen molar-refractivity contribution in [2.24, 2.45) is 0 Å². The summed E-state index contributed by atoms with van der Waals surface area (Å²) in [6.07, 6.45) is 4.05. The standard InChI is InChI=1S/C11H25N.Li/c1-6-7-8-9-12(10(2)3)11(4)5;/h10-11H,6-9H2,1-5H3;/q;+1. The van der Waals surface area contributed by atoms with E-state index in [4.69, 9.17) is 0 Å². The van der Waals surface area contributed by atoms with E-state index in [-0.39, 0.29) is 18.9 Å². The van der Waals surface area contributed by atoms with Gasteiger partial charge in [-0.25, -0.2) is 0 Å². The molecule has 0 aliphatic rings.